The molecule has 2 heterocycles. The largest absolute Gasteiger partial charge is 0.493 e. The fraction of sp³-hybridized carbons (Fsp3) is 0.231. The van der Waals surface area contributed by atoms with Crippen molar-refractivity contribution >= 4 is 11.7 Å². The molecule has 34 heavy (non-hydrogen) atoms. The molecule has 8 nitrogen and oxygen atoms in total. The summed E-state index contributed by atoms with van der Waals surface area (Å²) in [5.74, 6) is 1.45. The average Bonchev–Trinajstić information content (AvgIpc) is 3.32. The van der Waals surface area contributed by atoms with E-state index < -0.39 is 5.91 Å². The van der Waals surface area contributed by atoms with Crippen LogP contribution in [0.3, 0.4) is 0 Å². The van der Waals surface area contributed by atoms with Crippen LogP contribution in [0.15, 0.2) is 66.9 Å². The summed E-state index contributed by atoms with van der Waals surface area (Å²) < 4.78 is 5.88. The third-order valence-corrected chi connectivity index (χ3v) is 5.36. The Morgan fingerprint density at radius 3 is 2.76 bits per heavy atom. The number of aliphatic hydroxyl groups excluding tert-OH is 1. The number of carbonyl (C=O) groups is 1. The molecular formula is C26H27N5O3. The number of carbonyl (C=O) groups excluding carboxylic acids is 1. The third-order valence-electron chi connectivity index (χ3n) is 5.36. The minimum atomic E-state index is -0.432. The molecule has 4 rings (SSSR count). The van der Waals surface area contributed by atoms with Gasteiger partial charge in [0.05, 0.1) is 6.61 Å². The number of pyridine rings is 1. The molecule has 174 valence electrons. The van der Waals surface area contributed by atoms with Crippen molar-refractivity contribution in [3.63, 3.8) is 0 Å². The van der Waals surface area contributed by atoms with Gasteiger partial charge in [0.2, 0.25) is 5.82 Å². The van der Waals surface area contributed by atoms with Crippen LogP contribution >= 0.6 is 0 Å². The summed E-state index contributed by atoms with van der Waals surface area (Å²) in [6, 6.07) is 19.4. The van der Waals surface area contributed by atoms with E-state index in [-0.39, 0.29) is 12.4 Å². The number of H-pyrrole nitrogens is 1. The van der Waals surface area contributed by atoms with Crippen molar-refractivity contribution in [2.75, 3.05) is 18.5 Å². The summed E-state index contributed by atoms with van der Waals surface area (Å²) >= 11 is 0. The second-order valence-electron chi connectivity index (χ2n) is 7.86. The second-order valence-corrected chi connectivity index (χ2v) is 7.86. The second kappa shape index (κ2) is 11.2. The lowest BCUT2D eigenvalue weighted by molar-refractivity contribution is 0.101. The molecular weight excluding hydrogens is 430 g/mol. The van der Waals surface area contributed by atoms with Gasteiger partial charge in [-0.15, -0.1) is 5.10 Å². The zero-order chi connectivity index (χ0) is 23.8. The first kappa shape index (κ1) is 23.1. The Hall–Kier alpha value is -4.04. The fourth-order valence-corrected chi connectivity index (χ4v) is 3.58. The number of unbranched alkanes of at least 4 members (excludes halogenated alkanes) is 1. The highest BCUT2D eigenvalue weighted by Crippen LogP contribution is 2.31. The lowest BCUT2D eigenvalue weighted by atomic mass is 10.0. The zero-order valence-electron chi connectivity index (χ0n) is 19.0. The van der Waals surface area contributed by atoms with Crippen molar-refractivity contribution in [3.8, 4) is 16.9 Å². The molecule has 3 N–H and O–H groups in total. The standard InChI is InChI=1S/C26H27N5O3/c1-18-21(10-7-11-22(18)34-15-6-5-14-32)20-12-13-27-23(17-20)29-26(33)25-28-24(30-31-25)16-19-8-3-2-4-9-19/h2-4,7-13,17,32H,5-6,14-16H2,1H3,(H,27,29,33)(H,28,30,31). The Kier molecular flexibility index (Phi) is 7.62. The monoisotopic (exact) mass is 457 g/mol. The van der Waals surface area contributed by atoms with Gasteiger partial charge in [-0.1, -0.05) is 42.5 Å². The number of hydrogen-bond acceptors (Lipinski definition) is 6. The van der Waals surface area contributed by atoms with E-state index in [0.29, 0.717) is 31.1 Å². The summed E-state index contributed by atoms with van der Waals surface area (Å²) in [5.41, 5.74) is 3.97. The number of aromatic amines is 1. The van der Waals surface area contributed by atoms with E-state index in [9.17, 15) is 4.79 Å². The Labute approximate surface area is 198 Å². The molecule has 0 atom stereocenters. The van der Waals surface area contributed by atoms with E-state index >= 15 is 0 Å². The lowest BCUT2D eigenvalue weighted by Crippen LogP contribution is -2.14. The number of nitrogens with one attached hydrogen (secondary N) is 2. The predicted octanol–water partition coefficient (Wildman–Crippen LogP) is 4.17. The molecule has 0 aliphatic heterocycles. The molecule has 2 aromatic carbocycles. The molecule has 4 aromatic rings. The minimum Gasteiger partial charge on any atom is -0.493 e. The SMILES string of the molecule is Cc1c(OCCCCO)cccc1-c1ccnc(NC(=O)c2n[nH]c(Cc3ccccc3)n2)c1. The number of amides is 1. The van der Waals surface area contributed by atoms with Gasteiger partial charge in [-0.25, -0.2) is 9.97 Å². The van der Waals surface area contributed by atoms with Crippen LogP contribution in [0.4, 0.5) is 5.82 Å². The van der Waals surface area contributed by atoms with Gasteiger partial charge in [0.1, 0.15) is 17.4 Å². The molecule has 0 unspecified atom stereocenters. The Balaban J connectivity index is 1.44. The molecule has 2 aromatic heterocycles. The maximum Gasteiger partial charge on any atom is 0.296 e. The molecule has 0 aliphatic carbocycles. The number of hydrogen-bond donors (Lipinski definition) is 3. The van der Waals surface area contributed by atoms with Gasteiger partial charge in [0.25, 0.3) is 5.91 Å². The summed E-state index contributed by atoms with van der Waals surface area (Å²) in [7, 11) is 0. The van der Waals surface area contributed by atoms with Crippen LogP contribution in [0, 0.1) is 6.92 Å². The van der Waals surface area contributed by atoms with Crippen LogP contribution in [0.1, 0.15) is 40.4 Å². The smallest absolute Gasteiger partial charge is 0.296 e. The molecule has 0 spiro atoms. The van der Waals surface area contributed by atoms with Gasteiger partial charge in [-0.3, -0.25) is 9.89 Å². The third kappa shape index (κ3) is 5.85. The average molecular weight is 458 g/mol. The molecule has 0 saturated heterocycles. The zero-order valence-corrected chi connectivity index (χ0v) is 19.0. The van der Waals surface area contributed by atoms with Gasteiger partial charge < -0.3 is 15.2 Å². The first-order valence-electron chi connectivity index (χ1n) is 11.2. The van der Waals surface area contributed by atoms with Crippen molar-refractivity contribution in [3.05, 3.63) is 89.6 Å². The Morgan fingerprint density at radius 1 is 1.09 bits per heavy atom. The highest BCUT2D eigenvalue weighted by Gasteiger charge is 2.15. The van der Waals surface area contributed by atoms with E-state index in [1.54, 1.807) is 6.20 Å². The van der Waals surface area contributed by atoms with Crippen molar-refractivity contribution < 1.29 is 14.6 Å². The van der Waals surface area contributed by atoms with E-state index in [0.717, 1.165) is 34.4 Å². The van der Waals surface area contributed by atoms with Crippen LogP contribution in [-0.4, -0.2) is 44.4 Å². The summed E-state index contributed by atoms with van der Waals surface area (Å²) in [6.07, 6.45) is 3.72. The van der Waals surface area contributed by atoms with Crippen LogP contribution in [0.25, 0.3) is 11.1 Å². The highest BCUT2D eigenvalue weighted by atomic mass is 16.5. The number of aromatic nitrogens is 4. The number of ether oxygens (including phenoxy) is 1. The number of anilines is 1. The van der Waals surface area contributed by atoms with Crippen LogP contribution in [0.5, 0.6) is 5.75 Å². The highest BCUT2D eigenvalue weighted by molar-refractivity contribution is 6.01. The van der Waals surface area contributed by atoms with Gasteiger partial charge in [0.15, 0.2) is 0 Å². The molecule has 1 amide bonds. The van der Waals surface area contributed by atoms with Crippen molar-refractivity contribution in [2.24, 2.45) is 0 Å². The summed E-state index contributed by atoms with van der Waals surface area (Å²) in [4.78, 5) is 21.3. The number of aliphatic hydroxyl groups is 1. The molecule has 0 bridgehead atoms. The van der Waals surface area contributed by atoms with E-state index in [1.165, 1.54) is 0 Å². The first-order chi connectivity index (χ1) is 16.6. The van der Waals surface area contributed by atoms with E-state index in [1.807, 2.05) is 67.6 Å². The van der Waals surface area contributed by atoms with Crippen molar-refractivity contribution in [1.29, 1.82) is 0 Å². The number of benzene rings is 2. The maximum absolute atomic E-state index is 12.7. The summed E-state index contributed by atoms with van der Waals surface area (Å²) in [6.45, 7) is 2.71. The van der Waals surface area contributed by atoms with Crippen molar-refractivity contribution in [1.82, 2.24) is 20.2 Å². The van der Waals surface area contributed by atoms with E-state index in [4.69, 9.17) is 9.84 Å². The van der Waals surface area contributed by atoms with Gasteiger partial charge in [0, 0.05) is 19.2 Å². The van der Waals surface area contributed by atoms with Crippen LogP contribution < -0.4 is 10.1 Å². The van der Waals surface area contributed by atoms with Gasteiger partial charge in [-0.2, -0.15) is 0 Å². The van der Waals surface area contributed by atoms with E-state index in [2.05, 4.69) is 25.5 Å². The molecule has 8 heteroatoms. The fourth-order valence-electron chi connectivity index (χ4n) is 3.58. The minimum absolute atomic E-state index is 0.0626. The number of rotatable bonds is 10. The number of nitrogens with zero attached hydrogens (tertiary/aromatic N) is 3. The molecule has 0 radical (unpaired) electrons. The first-order valence-corrected chi connectivity index (χ1v) is 11.2. The Bertz CT molecular complexity index is 1240. The lowest BCUT2D eigenvalue weighted by Gasteiger charge is -2.13. The van der Waals surface area contributed by atoms with Gasteiger partial charge >= 0.3 is 0 Å². The molecule has 0 fully saturated rings. The quantitative estimate of drug-likeness (QED) is 0.308. The molecule has 0 saturated carbocycles. The molecule has 0 aliphatic rings. The van der Waals surface area contributed by atoms with Crippen LogP contribution in [-0.2, 0) is 6.42 Å². The topological polar surface area (TPSA) is 113 Å². The van der Waals surface area contributed by atoms with Gasteiger partial charge in [-0.05, 0) is 60.2 Å². The van der Waals surface area contributed by atoms with Crippen LogP contribution in [0.2, 0.25) is 0 Å². The maximum atomic E-state index is 12.7. The predicted molar refractivity (Wildman–Crippen MR) is 130 cm³/mol. The summed E-state index contributed by atoms with van der Waals surface area (Å²) in [5, 5.41) is 18.6. The normalized spacial score (nSPS) is 10.8. The van der Waals surface area contributed by atoms with Crippen molar-refractivity contribution in [2.45, 2.75) is 26.2 Å². The Morgan fingerprint density at radius 2 is 1.94 bits per heavy atom.